The SMILES string of the molecule is Cc1cc(C)n(-c2ccc(=O)n(C3CCC(Nc4cnc(C#N)cn4)CC3)n2)n1. The first-order valence-electron chi connectivity index (χ1n) is 9.65. The van der Waals surface area contributed by atoms with Crippen molar-refractivity contribution < 1.29 is 0 Å². The van der Waals surface area contributed by atoms with E-state index in [2.05, 4.69) is 25.5 Å². The second kappa shape index (κ2) is 7.83. The molecule has 0 bridgehead atoms. The molecule has 0 aromatic carbocycles. The van der Waals surface area contributed by atoms with Crippen LogP contribution in [0.5, 0.6) is 0 Å². The van der Waals surface area contributed by atoms with Crippen molar-refractivity contribution in [1.29, 1.82) is 5.26 Å². The molecular formula is C20H22N8O. The number of rotatable bonds is 4. The van der Waals surface area contributed by atoms with Crippen LogP contribution in [-0.2, 0) is 0 Å². The molecular weight excluding hydrogens is 368 g/mol. The second-order valence-electron chi connectivity index (χ2n) is 7.36. The number of hydrogen-bond donors (Lipinski definition) is 1. The summed E-state index contributed by atoms with van der Waals surface area (Å²) in [7, 11) is 0. The Labute approximate surface area is 168 Å². The van der Waals surface area contributed by atoms with E-state index >= 15 is 0 Å². The molecule has 1 aliphatic carbocycles. The molecule has 0 atom stereocenters. The lowest BCUT2D eigenvalue weighted by Gasteiger charge is -2.29. The van der Waals surface area contributed by atoms with E-state index in [1.165, 1.54) is 6.20 Å². The van der Waals surface area contributed by atoms with Crippen molar-refractivity contribution in [1.82, 2.24) is 29.5 Å². The number of nitrogens with zero attached hydrogens (tertiary/aromatic N) is 7. The molecule has 0 radical (unpaired) electrons. The topological polar surface area (TPSA) is 114 Å². The van der Waals surface area contributed by atoms with Crippen LogP contribution in [0.1, 0.15) is 48.8 Å². The molecule has 4 rings (SSSR count). The van der Waals surface area contributed by atoms with Crippen LogP contribution in [0.25, 0.3) is 5.82 Å². The van der Waals surface area contributed by atoms with E-state index in [1.54, 1.807) is 27.7 Å². The monoisotopic (exact) mass is 390 g/mol. The normalized spacial score (nSPS) is 18.9. The van der Waals surface area contributed by atoms with Crippen molar-refractivity contribution in [2.45, 2.75) is 51.6 Å². The van der Waals surface area contributed by atoms with Crippen molar-refractivity contribution in [2.24, 2.45) is 0 Å². The predicted molar refractivity (Wildman–Crippen MR) is 107 cm³/mol. The molecule has 29 heavy (non-hydrogen) atoms. The molecule has 3 aromatic rings. The summed E-state index contributed by atoms with van der Waals surface area (Å²) in [5.41, 5.74) is 2.10. The Morgan fingerprint density at radius 2 is 1.90 bits per heavy atom. The summed E-state index contributed by atoms with van der Waals surface area (Å²) in [6.07, 6.45) is 6.51. The summed E-state index contributed by atoms with van der Waals surface area (Å²) in [5.74, 6) is 1.32. The fourth-order valence-electron chi connectivity index (χ4n) is 3.78. The smallest absolute Gasteiger partial charge is 0.267 e. The molecule has 1 fully saturated rings. The molecule has 0 unspecified atom stereocenters. The summed E-state index contributed by atoms with van der Waals surface area (Å²) >= 11 is 0. The fraction of sp³-hybridized carbons (Fsp3) is 0.400. The maximum absolute atomic E-state index is 12.4. The summed E-state index contributed by atoms with van der Waals surface area (Å²) in [5, 5.41) is 21.2. The Morgan fingerprint density at radius 3 is 2.52 bits per heavy atom. The van der Waals surface area contributed by atoms with Gasteiger partial charge < -0.3 is 5.32 Å². The number of nitriles is 1. The molecule has 3 aromatic heterocycles. The predicted octanol–water partition coefficient (Wildman–Crippen LogP) is 2.30. The first-order valence-corrected chi connectivity index (χ1v) is 9.65. The van der Waals surface area contributed by atoms with Crippen LogP contribution in [0, 0.1) is 25.2 Å². The Kier molecular flexibility index (Phi) is 5.08. The van der Waals surface area contributed by atoms with E-state index in [0.717, 1.165) is 37.1 Å². The number of nitrogens with one attached hydrogen (secondary N) is 1. The number of aryl methyl sites for hydroxylation is 2. The zero-order valence-electron chi connectivity index (χ0n) is 16.4. The van der Waals surface area contributed by atoms with Crippen LogP contribution in [0.3, 0.4) is 0 Å². The quantitative estimate of drug-likeness (QED) is 0.727. The largest absolute Gasteiger partial charge is 0.366 e. The second-order valence-corrected chi connectivity index (χ2v) is 7.36. The van der Waals surface area contributed by atoms with E-state index < -0.39 is 0 Å². The molecule has 1 N–H and O–H groups in total. The lowest BCUT2D eigenvalue weighted by molar-refractivity contribution is 0.302. The molecule has 0 saturated heterocycles. The van der Waals surface area contributed by atoms with Gasteiger partial charge in [0.2, 0.25) is 0 Å². The van der Waals surface area contributed by atoms with E-state index in [1.807, 2.05) is 26.0 Å². The highest BCUT2D eigenvalue weighted by molar-refractivity contribution is 5.34. The van der Waals surface area contributed by atoms with Gasteiger partial charge in [-0.2, -0.15) is 10.4 Å². The minimum atomic E-state index is -0.0929. The van der Waals surface area contributed by atoms with Gasteiger partial charge in [-0.05, 0) is 51.7 Å². The average molecular weight is 390 g/mol. The molecule has 9 heteroatoms. The lowest BCUT2D eigenvalue weighted by Crippen LogP contribution is -2.33. The molecule has 0 spiro atoms. The fourth-order valence-corrected chi connectivity index (χ4v) is 3.78. The Balaban J connectivity index is 1.45. The van der Waals surface area contributed by atoms with Crippen molar-refractivity contribution in [2.75, 3.05) is 5.32 Å². The molecule has 1 saturated carbocycles. The molecule has 148 valence electrons. The highest BCUT2D eigenvalue weighted by atomic mass is 16.1. The first-order chi connectivity index (χ1) is 14.0. The van der Waals surface area contributed by atoms with Crippen molar-refractivity contribution in [3.8, 4) is 11.9 Å². The van der Waals surface area contributed by atoms with Gasteiger partial charge in [-0.1, -0.05) is 0 Å². The van der Waals surface area contributed by atoms with Crippen LogP contribution in [0.15, 0.2) is 35.4 Å². The number of anilines is 1. The van der Waals surface area contributed by atoms with Gasteiger partial charge in [0.25, 0.3) is 5.56 Å². The van der Waals surface area contributed by atoms with Gasteiger partial charge in [0.05, 0.1) is 24.1 Å². The van der Waals surface area contributed by atoms with Gasteiger partial charge in [0.1, 0.15) is 11.9 Å². The Hall–Kier alpha value is -3.54. The average Bonchev–Trinajstić information content (AvgIpc) is 3.08. The molecule has 1 aliphatic rings. The van der Waals surface area contributed by atoms with Gasteiger partial charge in [-0.3, -0.25) is 4.79 Å². The first kappa shape index (κ1) is 18.8. The van der Waals surface area contributed by atoms with Crippen LogP contribution in [-0.4, -0.2) is 35.6 Å². The van der Waals surface area contributed by atoms with E-state index in [4.69, 9.17) is 5.26 Å². The summed E-state index contributed by atoms with van der Waals surface area (Å²) in [6.45, 7) is 3.91. The highest BCUT2D eigenvalue weighted by Gasteiger charge is 2.24. The molecule has 0 aliphatic heterocycles. The summed E-state index contributed by atoms with van der Waals surface area (Å²) in [6, 6.07) is 7.54. The molecule has 0 amide bonds. The summed E-state index contributed by atoms with van der Waals surface area (Å²) < 4.78 is 3.37. The standard InChI is InChI=1S/C20H22N8O/c1-13-9-14(2)27(25-13)19-7-8-20(29)28(26-19)17-5-3-15(4-6-17)24-18-12-22-16(10-21)11-23-18/h7-9,11-12,15,17H,3-6H2,1-2H3,(H,23,24). The third kappa shape index (κ3) is 4.01. The van der Waals surface area contributed by atoms with Crippen molar-refractivity contribution in [3.63, 3.8) is 0 Å². The van der Waals surface area contributed by atoms with Crippen LogP contribution in [0.4, 0.5) is 5.82 Å². The third-order valence-corrected chi connectivity index (χ3v) is 5.20. The van der Waals surface area contributed by atoms with Crippen LogP contribution >= 0.6 is 0 Å². The number of hydrogen-bond acceptors (Lipinski definition) is 7. The minimum Gasteiger partial charge on any atom is -0.366 e. The van der Waals surface area contributed by atoms with Gasteiger partial charge in [-0.15, -0.1) is 5.10 Å². The Bertz CT molecular complexity index is 1100. The van der Waals surface area contributed by atoms with Crippen LogP contribution in [0.2, 0.25) is 0 Å². The summed E-state index contributed by atoms with van der Waals surface area (Å²) in [4.78, 5) is 20.7. The maximum Gasteiger partial charge on any atom is 0.267 e. The highest BCUT2D eigenvalue weighted by Crippen LogP contribution is 2.28. The van der Waals surface area contributed by atoms with Crippen LogP contribution < -0.4 is 10.9 Å². The van der Waals surface area contributed by atoms with Gasteiger partial charge in [-0.25, -0.2) is 19.3 Å². The van der Waals surface area contributed by atoms with Crippen molar-refractivity contribution in [3.05, 3.63) is 58.0 Å². The van der Waals surface area contributed by atoms with E-state index in [9.17, 15) is 4.79 Å². The van der Waals surface area contributed by atoms with Gasteiger partial charge in [0.15, 0.2) is 11.5 Å². The zero-order chi connectivity index (χ0) is 20.4. The number of aromatic nitrogens is 6. The zero-order valence-corrected chi connectivity index (χ0v) is 16.4. The molecule has 9 nitrogen and oxygen atoms in total. The molecule has 3 heterocycles. The lowest BCUT2D eigenvalue weighted by atomic mass is 9.91. The third-order valence-electron chi connectivity index (χ3n) is 5.20. The minimum absolute atomic E-state index is 0.0597. The maximum atomic E-state index is 12.4. The Morgan fingerprint density at radius 1 is 1.10 bits per heavy atom. The van der Waals surface area contributed by atoms with Crippen molar-refractivity contribution >= 4 is 5.82 Å². The van der Waals surface area contributed by atoms with Gasteiger partial charge >= 0.3 is 0 Å². The van der Waals surface area contributed by atoms with E-state index in [-0.39, 0.29) is 17.6 Å². The van der Waals surface area contributed by atoms with E-state index in [0.29, 0.717) is 17.3 Å². The van der Waals surface area contributed by atoms with Gasteiger partial charge in [0, 0.05) is 17.8 Å².